The predicted octanol–water partition coefficient (Wildman–Crippen LogP) is 3.83. The molecule has 124 valence electrons. The van der Waals surface area contributed by atoms with E-state index in [0.29, 0.717) is 12.5 Å². The number of thioether (sulfide) groups is 1. The Kier molecular flexibility index (Phi) is 7.07. The van der Waals surface area contributed by atoms with E-state index in [4.69, 9.17) is 9.15 Å². The summed E-state index contributed by atoms with van der Waals surface area (Å²) in [6, 6.07) is 11.7. The van der Waals surface area contributed by atoms with Crippen LogP contribution in [0.2, 0.25) is 0 Å². The van der Waals surface area contributed by atoms with Crippen LogP contribution in [-0.2, 0) is 10.5 Å². The van der Waals surface area contributed by atoms with E-state index in [1.807, 2.05) is 36.4 Å². The van der Waals surface area contributed by atoms with Gasteiger partial charge in [-0.15, -0.1) is 0 Å². The third-order valence-corrected chi connectivity index (χ3v) is 4.29. The molecule has 4 nitrogen and oxygen atoms in total. The van der Waals surface area contributed by atoms with Crippen LogP contribution in [0.1, 0.15) is 31.1 Å². The maximum atomic E-state index is 11.7. The molecule has 0 bridgehead atoms. The molecule has 0 fully saturated rings. The largest absolute Gasteiger partial charge is 0.484 e. The Balaban J connectivity index is 1.57. The molecule has 1 N–H and O–H groups in total. The van der Waals surface area contributed by atoms with Gasteiger partial charge in [0.15, 0.2) is 6.61 Å². The molecule has 0 aliphatic carbocycles. The number of benzene rings is 1. The smallest absolute Gasteiger partial charge is 0.257 e. The molecule has 0 radical (unpaired) electrons. The second-order valence-corrected chi connectivity index (χ2v) is 6.60. The van der Waals surface area contributed by atoms with Gasteiger partial charge >= 0.3 is 0 Å². The molecule has 1 aromatic carbocycles. The van der Waals surface area contributed by atoms with Crippen molar-refractivity contribution in [3.8, 4) is 5.75 Å². The minimum absolute atomic E-state index is 0.0455. The monoisotopic (exact) mass is 333 g/mol. The number of hydrogen-bond acceptors (Lipinski definition) is 4. The Morgan fingerprint density at radius 2 is 2.04 bits per heavy atom. The maximum Gasteiger partial charge on any atom is 0.257 e. The van der Waals surface area contributed by atoms with Crippen molar-refractivity contribution in [3.63, 3.8) is 0 Å². The van der Waals surface area contributed by atoms with Crippen LogP contribution in [0.25, 0.3) is 0 Å². The molecule has 0 saturated carbocycles. The van der Waals surface area contributed by atoms with Gasteiger partial charge in [0.05, 0.1) is 12.0 Å². The number of carbonyl (C=O) groups is 1. The molecule has 0 atom stereocenters. The van der Waals surface area contributed by atoms with E-state index in [-0.39, 0.29) is 12.5 Å². The van der Waals surface area contributed by atoms with Crippen molar-refractivity contribution >= 4 is 17.7 Å². The second kappa shape index (κ2) is 9.30. The van der Waals surface area contributed by atoms with Gasteiger partial charge in [0, 0.05) is 12.3 Å². The van der Waals surface area contributed by atoms with Crippen LogP contribution in [0, 0.1) is 0 Å². The van der Waals surface area contributed by atoms with Gasteiger partial charge in [0.2, 0.25) is 0 Å². The van der Waals surface area contributed by atoms with Gasteiger partial charge in [0.25, 0.3) is 5.91 Å². The van der Waals surface area contributed by atoms with Gasteiger partial charge in [-0.3, -0.25) is 4.79 Å². The lowest BCUT2D eigenvalue weighted by Crippen LogP contribution is -2.30. The first-order chi connectivity index (χ1) is 11.1. The molecule has 0 unspecified atom stereocenters. The average molecular weight is 333 g/mol. The maximum absolute atomic E-state index is 11.7. The van der Waals surface area contributed by atoms with E-state index < -0.39 is 0 Å². The Bertz CT molecular complexity index is 579. The first-order valence-corrected chi connectivity index (χ1v) is 8.90. The minimum Gasteiger partial charge on any atom is -0.484 e. The third kappa shape index (κ3) is 6.40. The standard InChI is InChI=1S/C18H23NO3S/c1-14(2)15-5-7-16(8-6-15)22-12-18(20)19-9-11-23-13-17-4-3-10-21-17/h3-8,10,14H,9,11-13H2,1-2H3,(H,19,20). The molecular weight excluding hydrogens is 310 g/mol. The van der Waals surface area contributed by atoms with Gasteiger partial charge in [0.1, 0.15) is 11.5 Å². The molecular formula is C18H23NO3S. The number of ether oxygens (including phenoxy) is 1. The lowest BCUT2D eigenvalue weighted by atomic mass is 10.0. The van der Waals surface area contributed by atoms with Gasteiger partial charge in [-0.2, -0.15) is 11.8 Å². The molecule has 0 saturated heterocycles. The highest BCUT2D eigenvalue weighted by molar-refractivity contribution is 7.98. The van der Waals surface area contributed by atoms with Crippen LogP contribution < -0.4 is 10.1 Å². The van der Waals surface area contributed by atoms with Crippen LogP contribution in [0.15, 0.2) is 47.1 Å². The zero-order valence-electron chi connectivity index (χ0n) is 13.6. The molecule has 2 rings (SSSR count). The molecule has 1 amide bonds. The molecule has 2 aromatic rings. The van der Waals surface area contributed by atoms with E-state index in [0.717, 1.165) is 23.0 Å². The second-order valence-electron chi connectivity index (χ2n) is 5.49. The van der Waals surface area contributed by atoms with Crippen LogP contribution in [0.5, 0.6) is 5.75 Å². The van der Waals surface area contributed by atoms with Crippen molar-refractivity contribution in [2.45, 2.75) is 25.5 Å². The summed E-state index contributed by atoms with van der Waals surface area (Å²) in [6.45, 7) is 4.96. The Hall–Kier alpha value is -1.88. The summed E-state index contributed by atoms with van der Waals surface area (Å²) in [6.07, 6.45) is 1.67. The lowest BCUT2D eigenvalue weighted by Gasteiger charge is -2.09. The number of hydrogen-bond donors (Lipinski definition) is 1. The Morgan fingerprint density at radius 1 is 1.26 bits per heavy atom. The summed E-state index contributed by atoms with van der Waals surface area (Å²) in [7, 11) is 0. The molecule has 1 heterocycles. The Labute approximate surface area is 141 Å². The first-order valence-electron chi connectivity index (χ1n) is 7.74. The summed E-state index contributed by atoms with van der Waals surface area (Å²) in [5.74, 6) is 3.73. The number of furan rings is 1. The zero-order chi connectivity index (χ0) is 16.5. The summed E-state index contributed by atoms with van der Waals surface area (Å²) in [4.78, 5) is 11.7. The molecule has 1 aromatic heterocycles. The van der Waals surface area contributed by atoms with Crippen molar-refractivity contribution in [1.82, 2.24) is 5.32 Å². The van der Waals surface area contributed by atoms with Crippen LogP contribution in [0.4, 0.5) is 0 Å². The molecule has 23 heavy (non-hydrogen) atoms. The van der Waals surface area contributed by atoms with E-state index in [9.17, 15) is 4.79 Å². The van der Waals surface area contributed by atoms with E-state index in [2.05, 4.69) is 19.2 Å². The minimum atomic E-state index is -0.100. The summed E-state index contributed by atoms with van der Waals surface area (Å²) in [5, 5.41) is 2.85. The van der Waals surface area contributed by atoms with E-state index in [1.165, 1.54) is 5.56 Å². The Morgan fingerprint density at radius 3 is 2.70 bits per heavy atom. The molecule has 0 spiro atoms. The van der Waals surface area contributed by atoms with Crippen molar-refractivity contribution in [3.05, 3.63) is 54.0 Å². The average Bonchev–Trinajstić information content (AvgIpc) is 3.06. The van der Waals surface area contributed by atoms with E-state index in [1.54, 1.807) is 18.0 Å². The fourth-order valence-electron chi connectivity index (χ4n) is 1.98. The van der Waals surface area contributed by atoms with Gasteiger partial charge in [-0.05, 0) is 35.7 Å². The van der Waals surface area contributed by atoms with Crippen molar-refractivity contribution in [2.24, 2.45) is 0 Å². The quantitative estimate of drug-likeness (QED) is 0.709. The first kappa shape index (κ1) is 17.5. The van der Waals surface area contributed by atoms with Gasteiger partial charge < -0.3 is 14.5 Å². The fourth-order valence-corrected chi connectivity index (χ4v) is 2.74. The molecule has 5 heteroatoms. The van der Waals surface area contributed by atoms with Crippen LogP contribution in [0.3, 0.4) is 0 Å². The fraction of sp³-hybridized carbons (Fsp3) is 0.389. The third-order valence-electron chi connectivity index (χ3n) is 3.31. The number of carbonyl (C=O) groups excluding carboxylic acids is 1. The van der Waals surface area contributed by atoms with Crippen molar-refractivity contribution < 1.29 is 13.9 Å². The number of amides is 1. The van der Waals surface area contributed by atoms with Crippen molar-refractivity contribution in [1.29, 1.82) is 0 Å². The molecule has 0 aliphatic heterocycles. The normalized spacial score (nSPS) is 10.7. The summed E-state index contributed by atoms with van der Waals surface area (Å²) >= 11 is 1.72. The molecule has 0 aliphatic rings. The topological polar surface area (TPSA) is 51.5 Å². The highest BCUT2D eigenvalue weighted by atomic mass is 32.2. The predicted molar refractivity (Wildman–Crippen MR) is 93.9 cm³/mol. The van der Waals surface area contributed by atoms with Crippen LogP contribution >= 0.6 is 11.8 Å². The lowest BCUT2D eigenvalue weighted by molar-refractivity contribution is -0.122. The summed E-state index contributed by atoms with van der Waals surface area (Å²) < 4.78 is 10.7. The van der Waals surface area contributed by atoms with Crippen molar-refractivity contribution in [2.75, 3.05) is 18.9 Å². The highest BCUT2D eigenvalue weighted by Gasteiger charge is 2.04. The summed E-state index contributed by atoms with van der Waals surface area (Å²) in [5.41, 5.74) is 1.26. The number of rotatable bonds is 9. The van der Waals surface area contributed by atoms with Crippen LogP contribution in [-0.4, -0.2) is 24.8 Å². The van der Waals surface area contributed by atoms with E-state index >= 15 is 0 Å². The zero-order valence-corrected chi connectivity index (χ0v) is 14.4. The highest BCUT2D eigenvalue weighted by Crippen LogP contribution is 2.18. The number of nitrogens with one attached hydrogen (secondary N) is 1. The van der Waals surface area contributed by atoms with Gasteiger partial charge in [-0.1, -0.05) is 26.0 Å². The van der Waals surface area contributed by atoms with Gasteiger partial charge in [-0.25, -0.2) is 0 Å². The SMILES string of the molecule is CC(C)c1ccc(OCC(=O)NCCSCc2ccco2)cc1.